The van der Waals surface area contributed by atoms with E-state index in [2.05, 4.69) is 39.7 Å². The van der Waals surface area contributed by atoms with E-state index in [1.165, 1.54) is 16.9 Å². The zero-order valence-electron chi connectivity index (χ0n) is 41.9. The molecule has 4 amide bonds. The van der Waals surface area contributed by atoms with Crippen LogP contribution in [0.25, 0.3) is 26.6 Å². The number of fused-ring (bicyclic) bond motifs is 4. The van der Waals surface area contributed by atoms with Crippen molar-refractivity contribution in [2.45, 2.75) is 105 Å². The minimum atomic E-state index is -1.07. The zero-order chi connectivity index (χ0) is 51.3. The summed E-state index contributed by atoms with van der Waals surface area (Å²) in [6.07, 6.45) is -0.381. The summed E-state index contributed by atoms with van der Waals surface area (Å²) in [7, 11) is 1.35. The Labute approximate surface area is 426 Å². The van der Waals surface area contributed by atoms with E-state index in [9.17, 15) is 29.1 Å². The van der Waals surface area contributed by atoms with E-state index in [-0.39, 0.29) is 37.9 Å². The number of thiazole rings is 1. The number of aliphatic hydroxyl groups is 1. The minimum Gasteiger partial charge on any atom is -0.469 e. The highest BCUT2D eigenvalue weighted by Crippen LogP contribution is 2.40. The van der Waals surface area contributed by atoms with Crippen LogP contribution < -0.4 is 10.6 Å². The molecule has 9 rings (SSSR count). The number of aryl methyl sites for hydroxylation is 3. The highest BCUT2D eigenvalue weighted by atomic mass is 32.1. The first-order chi connectivity index (χ1) is 34.3. The fraction of sp³-hybridized carbons (Fsp3) is 0.389. The number of aromatic nitrogens is 4. The molecule has 1 saturated heterocycles. The molecule has 16 nitrogen and oxygen atoms in total. The molecule has 0 unspecified atom stereocenters. The normalized spacial score (nSPS) is 18.3. The molecule has 3 aliphatic rings. The van der Waals surface area contributed by atoms with Crippen LogP contribution in [0.5, 0.6) is 0 Å². The SMILES string of the molecule is COC(=O)C[C@@H]1N=C(c2ccc(-c3cccc4c3C(=O)N(CC(=O)N[C@H](C(=O)N3C[C@H](O)C[C@H]3C(=O)N[C@@H](C)c3ccc(-c5scnc5C)cc3)C(C)(C)C)CC4)cc2)c2c(sc(C)c2C)-n2c(C)nnc21. The predicted octanol–water partition coefficient (Wildman–Crippen LogP) is 7.18. The lowest BCUT2D eigenvalue weighted by Crippen LogP contribution is -2.59. The molecule has 0 spiro atoms. The van der Waals surface area contributed by atoms with Gasteiger partial charge in [-0.3, -0.25) is 33.5 Å². The molecule has 3 aromatic carbocycles. The van der Waals surface area contributed by atoms with Crippen LogP contribution in [0.3, 0.4) is 0 Å². The van der Waals surface area contributed by atoms with Gasteiger partial charge in [0.2, 0.25) is 17.7 Å². The summed E-state index contributed by atoms with van der Waals surface area (Å²) >= 11 is 3.19. The Balaban J connectivity index is 0.905. The first-order valence-electron chi connectivity index (χ1n) is 24.1. The van der Waals surface area contributed by atoms with Crippen LogP contribution in [0.1, 0.15) is 113 Å². The maximum atomic E-state index is 14.5. The summed E-state index contributed by atoms with van der Waals surface area (Å²) in [5.74, 6) is -0.883. The third-order valence-electron chi connectivity index (χ3n) is 14.0. The summed E-state index contributed by atoms with van der Waals surface area (Å²) in [5.41, 5.74) is 10.3. The number of aliphatic hydroxyl groups excluding tert-OH is 1. The number of carbonyl (C=O) groups excluding carboxylic acids is 5. The van der Waals surface area contributed by atoms with Gasteiger partial charge < -0.3 is 30.3 Å². The lowest BCUT2D eigenvalue weighted by Gasteiger charge is -2.36. The number of likely N-dealkylation sites (tertiary alicyclic amines) is 1. The Morgan fingerprint density at radius 2 is 1.62 bits per heavy atom. The number of rotatable bonds is 12. The smallest absolute Gasteiger partial charge is 0.308 e. The first-order valence-corrected chi connectivity index (χ1v) is 25.8. The summed E-state index contributed by atoms with van der Waals surface area (Å²) in [5, 5.41) is 26.5. The van der Waals surface area contributed by atoms with Crippen molar-refractivity contribution in [1.29, 1.82) is 0 Å². The van der Waals surface area contributed by atoms with Crippen molar-refractivity contribution in [2.24, 2.45) is 10.4 Å². The second-order valence-electron chi connectivity index (χ2n) is 20.0. The second kappa shape index (κ2) is 20.0. The predicted molar refractivity (Wildman–Crippen MR) is 276 cm³/mol. The average Bonchev–Trinajstić information content (AvgIpc) is 4.13. The van der Waals surface area contributed by atoms with E-state index in [0.29, 0.717) is 41.5 Å². The van der Waals surface area contributed by atoms with E-state index in [1.807, 2.05) is 118 Å². The highest BCUT2D eigenvalue weighted by molar-refractivity contribution is 7.15. The van der Waals surface area contributed by atoms with E-state index in [4.69, 9.17) is 9.73 Å². The molecule has 0 radical (unpaired) electrons. The first kappa shape index (κ1) is 50.1. The van der Waals surface area contributed by atoms with Crippen LogP contribution in [0, 0.1) is 33.1 Å². The number of β-amino-alcohol motifs (C(OH)–C–C–N with tert-alkyl or cyclic N) is 1. The summed E-state index contributed by atoms with van der Waals surface area (Å²) in [4.78, 5) is 84.2. The lowest BCUT2D eigenvalue weighted by atomic mass is 9.85. The fourth-order valence-electron chi connectivity index (χ4n) is 9.94. The standard InChI is InChI=1S/C54H59N9O7S2/c1-28-31(4)72-53-44(28)46(57-40(24-43(66)70-9)49-60-59-32(5)63(49)53)36-17-15-34(16-18-36)39-12-10-11-35-21-22-61(51(68)45(35)39)26-42(65)58-48(54(6,7)8)52(69)62-25-38(64)23-41(62)50(67)56-29(2)33-13-19-37(20-14-33)47-30(3)55-27-71-47/h10-20,27,29,38,40-41,48,64H,21-26H2,1-9H3,(H,56,67)(H,58,65)/t29-,38+,40-,41-,48+/m0/s1. The number of aliphatic imine (C=N–C) groups is 1. The van der Waals surface area contributed by atoms with Gasteiger partial charge in [-0.25, -0.2) is 4.98 Å². The van der Waals surface area contributed by atoms with Crippen molar-refractivity contribution in [1.82, 2.24) is 40.2 Å². The molecule has 0 aliphatic carbocycles. The summed E-state index contributed by atoms with van der Waals surface area (Å²) in [6, 6.07) is 18.5. The van der Waals surface area contributed by atoms with Crippen molar-refractivity contribution in [2.75, 3.05) is 26.7 Å². The van der Waals surface area contributed by atoms with E-state index >= 15 is 0 Å². The van der Waals surface area contributed by atoms with Crippen LogP contribution in [0.4, 0.5) is 0 Å². The molecule has 0 saturated carbocycles. The van der Waals surface area contributed by atoms with E-state index < -0.39 is 53.3 Å². The van der Waals surface area contributed by atoms with Gasteiger partial charge >= 0.3 is 5.97 Å². The number of amides is 4. The number of ether oxygens (including phenoxy) is 1. The second-order valence-corrected chi connectivity index (χ2v) is 22.0. The van der Waals surface area contributed by atoms with Gasteiger partial charge in [-0.05, 0) is 79.8 Å². The van der Waals surface area contributed by atoms with Gasteiger partial charge in [0, 0.05) is 35.5 Å². The van der Waals surface area contributed by atoms with Crippen LogP contribution in [-0.2, 0) is 30.3 Å². The Kier molecular flexibility index (Phi) is 13.9. The molecule has 6 aromatic rings. The topological polar surface area (TPSA) is 201 Å². The third-order valence-corrected chi connectivity index (χ3v) is 16.2. The summed E-state index contributed by atoms with van der Waals surface area (Å²) in [6.45, 7) is 15.3. The molecule has 72 heavy (non-hydrogen) atoms. The third kappa shape index (κ3) is 9.62. The average molecular weight is 1010 g/mol. The van der Waals surface area contributed by atoms with Crippen molar-refractivity contribution in [3.8, 4) is 26.6 Å². The Hall–Kier alpha value is -6.89. The molecular formula is C54H59N9O7S2. The van der Waals surface area contributed by atoms with E-state index in [0.717, 1.165) is 59.4 Å². The monoisotopic (exact) mass is 1010 g/mol. The van der Waals surface area contributed by atoms with Gasteiger partial charge in [0.15, 0.2) is 5.82 Å². The van der Waals surface area contributed by atoms with Gasteiger partial charge in [0.05, 0.1) is 59.6 Å². The van der Waals surface area contributed by atoms with Crippen molar-refractivity contribution in [3.05, 3.63) is 128 Å². The number of esters is 1. The largest absolute Gasteiger partial charge is 0.469 e. The number of nitrogens with one attached hydrogen (secondary N) is 2. The molecule has 1 fully saturated rings. The maximum absolute atomic E-state index is 14.5. The molecule has 5 atom stereocenters. The molecule has 3 aromatic heterocycles. The summed E-state index contributed by atoms with van der Waals surface area (Å²) < 4.78 is 7.04. The molecule has 3 N–H and O–H groups in total. The van der Waals surface area contributed by atoms with Gasteiger partial charge in [-0.15, -0.1) is 32.9 Å². The van der Waals surface area contributed by atoms with Gasteiger partial charge in [-0.1, -0.05) is 87.5 Å². The van der Waals surface area contributed by atoms with Crippen LogP contribution >= 0.6 is 22.7 Å². The molecule has 0 bridgehead atoms. The van der Waals surface area contributed by atoms with Gasteiger partial charge in [0.25, 0.3) is 5.91 Å². The number of hydrogen-bond donors (Lipinski definition) is 3. The molecular weight excluding hydrogens is 951 g/mol. The number of nitrogens with zero attached hydrogens (tertiary/aromatic N) is 7. The molecule has 18 heteroatoms. The number of carbonyl (C=O) groups is 5. The number of methoxy groups -OCH3 is 1. The number of benzene rings is 3. The minimum absolute atomic E-state index is 0.0174. The number of thiophene rings is 1. The van der Waals surface area contributed by atoms with E-state index in [1.54, 1.807) is 22.7 Å². The molecule has 6 heterocycles. The Morgan fingerprint density at radius 1 is 0.917 bits per heavy atom. The van der Waals surface area contributed by atoms with Crippen LogP contribution in [0.15, 0.2) is 77.2 Å². The van der Waals surface area contributed by atoms with Crippen molar-refractivity contribution in [3.63, 3.8) is 0 Å². The van der Waals surface area contributed by atoms with Gasteiger partial charge in [0.1, 0.15) is 29.0 Å². The molecule has 374 valence electrons. The van der Waals surface area contributed by atoms with Crippen LogP contribution in [-0.4, -0.2) is 115 Å². The van der Waals surface area contributed by atoms with Crippen LogP contribution in [0.2, 0.25) is 0 Å². The fourth-order valence-corrected chi connectivity index (χ4v) is 12.0. The van der Waals surface area contributed by atoms with Crippen molar-refractivity contribution >= 4 is 58.0 Å². The Bertz CT molecular complexity index is 3130. The lowest BCUT2D eigenvalue weighted by molar-refractivity contribution is -0.144. The van der Waals surface area contributed by atoms with Gasteiger partial charge in [-0.2, -0.15) is 0 Å². The number of hydrogen-bond acceptors (Lipinski definition) is 13. The highest BCUT2D eigenvalue weighted by Gasteiger charge is 2.45. The van der Waals surface area contributed by atoms with Crippen molar-refractivity contribution < 1.29 is 33.8 Å². The Morgan fingerprint density at radius 3 is 2.31 bits per heavy atom. The zero-order valence-corrected chi connectivity index (χ0v) is 43.5. The molecule has 3 aliphatic heterocycles. The maximum Gasteiger partial charge on any atom is 0.308 e. The quantitative estimate of drug-likeness (QED) is 0.106.